The highest BCUT2D eigenvalue weighted by atomic mass is 16.6. The van der Waals surface area contributed by atoms with Gasteiger partial charge in [0, 0.05) is 0 Å². The maximum Gasteiger partial charge on any atom is 0.317 e. The van der Waals surface area contributed by atoms with Crippen molar-refractivity contribution in [2.75, 3.05) is 19.8 Å². The molecule has 4 aliphatic carbocycles. The molecule has 0 radical (unpaired) electrons. The molecule has 4 saturated heterocycles. The van der Waals surface area contributed by atoms with Gasteiger partial charge in [0.2, 0.25) is 0 Å². The minimum absolute atomic E-state index is 0. The number of epoxide rings is 4. The molecule has 12 atom stereocenters. The number of carbonyl (C=O) groups excluding carboxylic acids is 3. The molecule has 0 bridgehead atoms. The Labute approximate surface area is 256 Å². The van der Waals surface area contributed by atoms with Crippen LogP contribution in [0.2, 0.25) is 0 Å². The van der Waals surface area contributed by atoms with Gasteiger partial charge in [0.25, 0.3) is 0 Å². The third kappa shape index (κ3) is 8.92. The SMILES string of the molecule is C.C.O=C(CC(=O)OCC1CCC2OC2C1)OCC1CCC2OC2C1.O=C(OCC1CCC2OC2C1)C1CCC2OC2C1. The van der Waals surface area contributed by atoms with Gasteiger partial charge in [0.05, 0.1) is 74.6 Å². The van der Waals surface area contributed by atoms with E-state index in [1.807, 2.05) is 0 Å². The van der Waals surface area contributed by atoms with E-state index in [1.165, 1.54) is 0 Å². The Hall–Kier alpha value is -1.75. The zero-order chi connectivity index (χ0) is 27.9. The molecule has 10 nitrogen and oxygen atoms in total. The number of fused-ring (bicyclic) bond motifs is 4. The first kappa shape index (κ1) is 32.6. The maximum absolute atomic E-state index is 12.0. The van der Waals surface area contributed by atoms with Crippen LogP contribution in [-0.2, 0) is 47.5 Å². The van der Waals surface area contributed by atoms with Crippen LogP contribution in [0.15, 0.2) is 0 Å². The first-order chi connectivity index (χ1) is 20.0. The topological polar surface area (TPSA) is 129 Å². The Morgan fingerprint density at radius 3 is 1.23 bits per heavy atom. The maximum atomic E-state index is 12.0. The van der Waals surface area contributed by atoms with Gasteiger partial charge in [-0.05, 0) is 94.8 Å². The van der Waals surface area contributed by atoms with Gasteiger partial charge in [-0.25, -0.2) is 0 Å². The van der Waals surface area contributed by atoms with Crippen molar-refractivity contribution in [3.05, 3.63) is 0 Å². The summed E-state index contributed by atoms with van der Waals surface area (Å²) in [7, 11) is 0. The van der Waals surface area contributed by atoms with Crippen molar-refractivity contribution in [1.29, 1.82) is 0 Å². The van der Waals surface area contributed by atoms with E-state index in [2.05, 4.69) is 0 Å². The lowest BCUT2D eigenvalue weighted by molar-refractivity contribution is -0.156. The van der Waals surface area contributed by atoms with E-state index in [0.717, 1.165) is 77.0 Å². The number of hydrogen-bond donors (Lipinski definition) is 0. The van der Waals surface area contributed by atoms with Crippen LogP contribution in [0.25, 0.3) is 0 Å². The van der Waals surface area contributed by atoms with Gasteiger partial charge in [-0.2, -0.15) is 0 Å². The van der Waals surface area contributed by atoms with Crippen LogP contribution in [0.3, 0.4) is 0 Å². The summed E-state index contributed by atoms with van der Waals surface area (Å²) >= 11 is 0. The van der Waals surface area contributed by atoms with Crippen molar-refractivity contribution < 1.29 is 47.5 Å². The molecule has 4 aliphatic heterocycles. The molecule has 4 heterocycles. The van der Waals surface area contributed by atoms with Crippen LogP contribution < -0.4 is 0 Å². The first-order valence-corrected chi connectivity index (χ1v) is 16.1. The summed E-state index contributed by atoms with van der Waals surface area (Å²) in [5, 5.41) is 0. The molecular weight excluding hydrogens is 556 g/mol. The van der Waals surface area contributed by atoms with E-state index in [-0.39, 0.29) is 33.2 Å². The summed E-state index contributed by atoms with van der Waals surface area (Å²) in [6, 6.07) is 0. The second-order valence-electron chi connectivity index (χ2n) is 13.6. The quantitative estimate of drug-likeness (QED) is 0.159. The van der Waals surface area contributed by atoms with Gasteiger partial charge < -0.3 is 33.2 Å². The lowest BCUT2D eigenvalue weighted by atomic mass is 9.89. The zero-order valence-electron chi connectivity index (χ0n) is 23.8. The summed E-state index contributed by atoms with van der Waals surface area (Å²) < 4.78 is 37.8. The number of esters is 3. The highest BCUT2D eigenvalue weighted by Crippen LogP contribution is 2.42. The van der Waals surface area contributed by atoms with Crippen LogP contribution in [0, 0.1) is 23.7 Å². The predicted octanol–water partition coefficient (Wildman–Crippen LogP) is 4.53. The predicted molar refractivity (Wildman–Crippen MR) is 155 cm³/mol. The average Bonchev–Trinajstić information content (AvgIpc) is 3.81. The molecule has 4 saturated carbocycles. The van der Waals surface area contributed by atoms with Crippen LogP contribution in [-0.4, -0.2) is 86.6 Å². The van der Waals surface area contributed by atoms with Crippen molar-refractivity contribution >= 4 is 17.9 Å². The standard InChI is InChI=1S/C17H24O6.C14H20O4.2CH4/c18-16(20-8-10-1-3-12-14(5-10)22-12)7-17(19)21-9-11-2-4-13-15(6-11)23-13;15-14(9-2-4-11-13(6-9)18-11)16-7-8-1-3-10-12(5-8)17-10;;/h10-15H,1-9H2;8-13H,1-7H2;2*1H4. The largest absolute Gasteiger partial charge is 0.465 e. The molecule has 12 unspecified atom stereocenters. The Balaban J connectivity index is 0.000000168. The Morgan fingerprint density at radius 2 is 0.837 bits per heavy atom. The number of ether oxygens (including phenoxy) is 7. The fourth-order valence-electron chi connectivity index (χ4n) is 7.49. The molecule has 43 heavy (non-hydrogen) atoms. The summed E-state index contributed by atoms with van der Waals surface area (Å²) in [6.07, 6.45) is 15.5. The van der Waals surface area contributed by atoms with Gasteiger partial charge in [0.1, 0.15) is 6.42 Å². The summed E-state index contributed by atoms with van der Waals surface area (Å²) in [6.45, 7) is 1.38. The Bertz CT molecular complexity index is 945. The molecule has 0 aromatic heterocycles. The molecule has 8 fully saturated rings. The van der Waals surface area contributed by atoms with Gasteiger partial charge in [0.15, 0.2) is 0 Å². The van der Waals surface area contributed by atoms with Gasteiger partial charge in [-0.1, -0.05) is 14.9 Å². The number of hydrogen-bond acceptors (Lipinski definition) is 10. The van der Waals surface area contributed by atoms with E-state index < -0.39 is 11.9 Å². The lowest BCUT2D eigenvalue weighted by Crippen LogP contribution is -2.27. The Morgan fingerprint density at radius 1 is 0.465 bits per heavy atom. The van der Waals surface area contributed by atoms with E-state index in [9.17, 15) is 14.4 Å². The molecule has 0 aromatic rings. The molecule has 0 amide bonds. The highest BCUT2D eigenvalue weighted by Gasteiger charge is 2.47. The average molecular weight is 609 g/mol. The van der Waals surface area contributed by atoms with Gasteiger partial charge in [-0.15, -0.1) is 0 Å². The zero-order valence-corrected chi connectivity index (χ0v) is 23.8. The number of carbonyl (C=O) groups is 3. The smallest absolute Gasteiger partial charge is 0.317 e. The van der Waals surface area contributed by atoms with Crippen LogP contribution >= 0.6 is 0 Å². The molecular formula is C33H52O10. The van der Waals surface area contributed by atoms with Crippen LogP contribution in [0.4, 0.5) is 0 Å². The molecule has 8 aliphatic rings. The van der Waals surface area contributed by atoms with E-state index in [0.29, 0.717) is 86.4 Å². The van der Waals surface area contributed by atoms with Crippen molar-refractivity contribution in [1.82, 2.24) is 0 Å². The van der Waals surface area contributed by atoms with Gasteiger partial charge >= 0.3 is 17.9 Å². The minimum atomic E-state index is -0.483. The van der Waals surface area contributed by atoms with Crippen molar-refractivity contribution in [2.24, 2.45) is 23.7 Å². The first-order valence-electron chi connectivity index (χ1n) is 16.1. The minimum Gasteiger partial charge on any atom is -0.465 e. The lowest BCUT2D eigenvalue weighted by Gasteiger charge is -2.21. The third-order valence-corrected chi connectivity index (χ3v) is 10.4. The fraction of sp³-hybridized carbons (Fsp3) is 0.909. The molecule has 8 rings (SSSR count). The summed E-state index contributed by atoms with van der Waals surface area (Å²) in [5.41, 5.74) is 0. The molecule has 0 aromatic carbocycles. The summed E-state index contributed by atoms with van der Waals surface area (Å²) in [5.74, 6) is 0.377. The molecule has 0 N–H and O–H groups in total. The van der Waals surface area contributed by atoms with Crippen LogP contribution in [0.1, 0.15) is 98.3 Å². The van der Waals surface area contributed by atoms with Crippen molar-refractivity contribution in [3.63, 3.8) is 0 Å². The monoisotopic (exact) mass is 608 g/mol. The highest BCUT2D eigenvalue weighted by molar-refractivity contribution is 5.91. The normalized spacial score (nSPS) is 42.1. The van der Waals surface area contributed by atoms with Crippen molar-refractivity contribution in [3.8, 4) is 0 Å². The summed E-state index contributed by atoms with van der Waals surface area (Å²) in [4.78, 5) is 35.4. The van der Waals surface area contributed by atoms with E-state index in [1.54, 1.807) is 0 Å². The fourth-order valence-corrected chi connectivity index (χ4v) is 7.49. The molecule has 10 heteroatoms. The van der Waals surface area contributed by atoms with Crippen molar-refractivity contribution in [2.45, 2.75) is 147 Å². The molecule has 0 spiro atoms. The number of rotatable bonds is 9. The van der Waals surface area contributed by atoms with Gasteiger partial charge in [-0.3, -0.25) is 14.4 Å². The molecule has 244 valence electrons. The third-order valence-electron chi connectivity index (χ3n) is 10.4. The second-order valence-corrected chi connectivity index (χ2v) is 13.6. The second kappa shape index (κ2) is 14.1. The van der Waals surface area contributed by atoms with E-state index >= 15 is 0 Å². The Kier molecular flexibility index (Phi) is 10.7. The van der Waals surface area contributed by atoms with Crippen LogP contribution in [0.5, 0.6) is 0 Å². The van der Waals surface area contributed by atoms with E-state index in [4.69, 9.17) is 33.2 Å².